The Morgan fingerprint density at radius 3 is 1.58 bits per heavy atom. The molecule has 0 amide bonds. The summed E-state index contributed by atoms with van der Waals surface area (Å²) in [7, 11) is 0. The van der Waals surface area contributed by atoms with Crippen molar-refractivity contribution in [1.29, 1.82) is 0 Å². The van der Waals surface area contributed by atoms with Gasteiger partial charge in [0.15, 0.2) is 0 Å². The van der Waals surface area contributed by atoms with Gasteiger partial charge in [-0.2, -0.15) is 11.6 Å². The number of fused-ring (bicyclic) bond motifs is 5. The van der Waals surface area contributed by atoms with E-state index in [2.05, 4.69) is 158 Å². The van der Waals surface area contributed by atoms with E-state index in [1.165, 1.54) is 90.3 Å². The molecule has 3 heteroatoms. The molecule has 3 aliphatic carbocycles. The average Bonchev–Trinajstić information content (AvgIpc) is 3.65. The van der Waals surface area contributed by atoms with Crippen LogP contribution in [0, 0.1) is 17.4 Å². The van der Waals surface area contributed by atoms with Crippen LogP contribution in [0.1, 0.15) is 97.1 Å². The molecule has 0 aromatic heterocycles. The summed E-state index contributed by atoms with van der Waals surface area (Å²) in [5, 5.41) is 5.57. The fourth-order valence-electron chi connectivity index (χ4n) is 6.82. The van der Waals surface area contributed by atoms with Crippen molar-refractivity contribution < 1.29 is 49.0 Å². The number of allylic oxidation sites excluding steroid dienone is 8. The van der Waals surface area contributed by atoms with Gasteiger partial charge in [-0.1, -0.05) is 102 Å². The van der Waals surface area contributed by atoms with E-state index in [1.807, 2.05) is 6.07 Å². The van der Waals surface area contributed by atoms with Crippen molar-refractivity contribution in [3.63, 3.8) is 0 Å². The van der Waals surface area contributed by atoms with Crippen LogP contribution in [0.25, 0.3) is 32.7 Å². The van der Waals surface area contributed by atoms with E-state index < -0.39 is 0 Å². The molecule has 0 nitrogen and oxygen atoms in total. The molecule has 0 aliphatic heterocycles. The standard InChI is InChI=1S/C25H25.C10H15.C7H6.2ClH.Zr/c1-14-12-24(3,4)22-8-16-7-17-9-23-19(15(2)13-25(23,5)6)11-21(17)20(16)10-18(14)22;1-8-5-6-9(7-8)10(2,3)4;1-7-5-3-2-4-6-7;;;/h7-13H,1-6H3;6-8H,1-4H3;1-6H;2*1H;/q2*-1;;;;+2/p-2. The van der Waals surface area contributed by atoms with Crippen LogP contribution < -0.4 is 24.8 Å². The SMILES string of the molecule is CC1=CC(C)(C)c2cc3[cH-]c4cc5c(cc4c3cc21)C(C)=CC5(C)C.CC1[C-]=CC(C(C)(C)C)=C1.[Cl-].[Cl-].[Zr+2]=[CH]c1ccccc1. The van der Waals surface area contributed by atoms with Gasteiger partial charge in [0, 0.05) is 10.8 Å². The first-order chi connectivity index (χ1) is 20.1. The van der Waals surface area contributed by atoms with Crippen molar-refractivity contribution in [2.45, 2.75) is 80.1 Å². The first-order valence-corrected chi connectivity index (χ1v) is 17.0. The van der Waals surface area contributed by atoms with Gasteiger partial charge < -0.3 is 24.8 Å². The van der Waals surface area contributed by atoms with Gasteiger partial charge in [-0.25, -0.2) is 6.08 Å². The Bertz CT molecular complexity index is 1740. The second-order valence-corrected chi connectivity index (χ2v) is 15.4. The van der Waals surface area contributed by atoms with Gasteiger partial charge in [0.1, 0.15) is 0 Å². The summed E-state index contributed by atoms with van der Waals surface area (Å²) in [6.45, 7) is 22.6. The van der Waals surface area contributed by atoms with Crippen molar-refractivity contribution in [3.8, 4) is 0 Å². The van der Waals surface area contributed by atoms with Crippen molar-refractivity contribution >= 4 is 36.4 Å². The molecule has 0 heterocycles. The third-order valence-corrected chi connectivity index (χ3v) is 9.96. The Balaban J connectivity index is 0.000000229. The fourth-order valence-corrected chi connectivity index (χ4v) is 7.29. The Labute approximate surface area is 299 Å². The summed E-state index contributed by atoms with van der Waals surface area (Å²) in [4.78, 5) is 0. The molecule has 1 atom stereocenters. The van der Waals surface area contributed by atoms with Crippen LogP contribution >= 0.6 is 0 Å². The Hall–Kier alpha value is -2.18. The molecule has 0 saturated carbocycles. The minimum atomic E-state index is 0. The third kappa shape index (κ3) is 7.70. The first kappa shape index (κ1) is 37.3. The van der Waals surface area contributed by atoms with Crippen molar-refractivity contribution in [2.24, 2.45) is 11.3 Å². The maximum atomic E-state index is 3.26. The third-order valence-electron chi connectivity index (χ3n) is 9.14. The van der Waals surface area contributed by atoms with Crippen LogP contribution in [0.4, 0.5) is 0 Å². The van der Waals surface area contributed by atoms with Gasteiger partial charge in [0.05, 0.1) is 0 Å². The number of rotatable bonds is 1. The second kappa shape index (κ2) is 13.9. The molecule has 7 rings (SSSR count). The van der Waals surface area contributed by atoms with Crippen molar-refractivity contribution in [1.82, 2.24) is 0 Å². The number of hydrogen-bond acceptors (Lipinski definition) is 0. The van der Waals surface area contributed by atoms with E-state index in [0.717, 1.165) is 0 Å². The summed E-state index contributed by atoms with van der Waals surface area (Å²) in [5.41, 5.74) is 11.9. The summed E-state index contributed by atoms with van der Waals surface area (Å²) in [6.07, 6.45) is 12.5. The predicted octanol–water partition coefficient (Wildman–Crippen LogP) is 5.46. The molecule has 4 aromatic carbocycles. The second-order valence-electron chi connectivity index (χ2n) is 14.7. The molecule has 234 valence electrons. The molecule has 0 radical (unpaired) electrons. The zero-order valence-corrected chi connectivity index (χ0v) is 32.5. The van der Waals surface area contributed by atoms with E-state index in [-0.39, 0.29) is 35.6 Å². The maximum absolute atomic E-state index is 3.26. The molecular formula is C42H46Cl2Zr-2. The Morgan fingerprint density at radius 1 is 0.778 bits per heavy atom. The summed E-state index contributed by atoms with van der Waals surface area (Å²) in [6, 6.07) is 22.4. The van der Waals surface area contributed by atoms with Gasteiger partial charge in [0.25, 0.3) is 0 Å². The van der Waals surface area contributed by atoms with E-state index in [1.54, 1.807) is 0 Å². The van der Waals surface area contributed by atoms with Gasteiger partial charge >= 0.3 is 63.8 Å². The van der Waals surface area contributed by atoms with E-state index in [0.29, 0.717) is 11.3 Å². The normalized spacial score (nSPS) is 18.2. The molecule has 1 unspecified atom stereocenters. The topological polar surface area (TPSA) is 0 Å². The van der Waals surface area contributed by atoms with Gasteiger partial charge in [-0.15, -0.1) is 39.7 Å². The monoisotopic (exact) mass is 710 g/mol. The van der Waals surface area contributed by atoms with E-state index >= 15 is 0 Å². The summed E-state index contributed by atoms with van der Waals surface area (Å²) in [5.74, 6) is 0.522. The van der Waals surface area contributed by atoms with E-state index in [9.17, 15) is 0 Å². The molecule has 0 N–H and O–H groups in total. The van der Waals surface area contributed by atoms with Crippen LogP contribution in [0.5, 0.6) is 0 Å². The summed E-state index contributed by atoms with van der Waals surface area (Å²) >= 11 is 1.46. The molecule has 45 heavy (non-hydrogen) atoms. The Morgan fingerprint density at radius 2 is 1.24 bits per heavy atom. The van der Waals surface area contributed by atoms with Gasteiger partial charge in [-0.05, 0) is 36.1 Å². The molecule has 4 aromatic rings. The zero-order valence-electron chi connectivity index (χ0n) is 28.5. The molecule has 3 aliphatic rings. The van der Waals surface area contributed by atoms with Crippen molar-refractivity contribution in [3.05, 3.63) is 124 Å². The molecule has 0 saturated heterocycles. The summed E-state index contributed by atoms with van der Waals surface area (Å²) < 4.78 is 2.17. The molecular weight excluding hydrogens is 667 g/mol. The molecule has 0 bridgehead atoms. The van der Waals surface area contributed by atoms with E-state index in [4.69, 9.17) is 0 Å². The van der Waals surface area contributed by atoms with Crippen LogP contribution in [0.15, 0.2) is 90.5 Å². The Kier molecular flexibility index (Phi) is 11.5. The van der Waals surface area contributed by atoms with Crippen molar-refractivity contribution in [2.75, 3.05) is 0 Å². The minimum absolute atomic E-state index is 0. The zero-order chi connectivity index (χ0) is 31.3. The fraction of sp³-hybridized carbons (Fsp3) is 0.333. The molecule has 0 spiro atoms. The predicted molar refractivity (Wildman–Crippen MR) is 187 cm³/mol. The number of halogens is 2. The van der Waals surface area contributed by atoms with Crippen LogP contribution in [-0.4, -0.2) is 3.71 Å². The quantitative estimate of drug-likeness (QED) is 0.230. The average molecular weight is 713 g/mol. The first-order valence-electron chi connectivity index (χ1n) is 15.6. The van der Waals surface area contributed by atoms with Gasteiger partial charge in [-0.3, -0.25) is 6.08 Å². The van der Waals surface area contributed by atoms with Gasteiger partial charge in [0.2, 0.25) is 0 Å². The van der Waals surface area contributed by atoms with Crippen LogP contribution in [0.2, 0.25) is 0 Å². The number of hydrogen-bond donors (Lipinski definition) is 0. The van der Waals surface area contributed by atoms with Crippen LogP contribution in [-0.2, 0) is 35.1 Å². The number of benzene rings is 3. The molecule has 0 fully saturated rings. The van der Waals surface area contributed by atoms with Crippen LogP contribution in [0.3, 0.4) is 0 Å².